The van der Waals surface area contributed by atoms with E-state index in [1.165, 1.54) is 0 Å². The van der Waals surface area contributed by atoms with Crippen molar-refractivity contribution in [2.24, 2.45) is 0 Å². The summed E-state index contributed by atoms with van der Waals surface area (Å²) >= 11 is 7.24. The van der Waals surface area contributed by atoms with Crippen molar-refractivity contribution >= 4 is 65.8 Å². The van der Waals surface area contributed by atoms with E-state index < -0.39 is 0 Å². The molecule has 12 heavy (non-hydrogen) atoms. The number of thiazole rings is 1. The van der Waals surface area contributed by atoms with Gasteiger partial charge in [-0.15, -0.1) is 11.3 Å². The Morgan fingerprint density at radius 2 is 2.33 bits per heavy atom. The molecule has 1 aromatic heterocycles. The summed E-state index contributed by atoms with van der Waals surface area (Å²) in [6.45, 7) is 0. The summed E-state index contributed by atoms with van der Waals surface area (Å²) in [7, 11) is 0. The second kappa shape index (κ2) is 3.12. The summed E-state index contributed by atoms with van der Waals surface area (Å²) in [6.07, 6.45) is 0. The Morgan fingerprint density at radius 3 is 3.08 bits per heavy atom. The minimum absolute atomic E-state index is 0.830. The molecule has 0 aliphatic carbocycles. The topological polar surface area (TPSA) is 38.9 Å². The zero-order valence-electron chi connectivity index (χ0n) is 5.84. The highest BCUT2D eigenvalue weighted by Crippen LogP contribution is 2.34. The van der Waals surface area contributed by atoms with Gasteiger partial charge in [0.15, 0.2) is 0 Å². The number of benzene rings is 1. The van der Waals surface area contributed by atoms with Gasteiger partial charge in [0.25, 0.3) is 0 Å². The normalized spacial score (nSPS) is 10.8. The number of nitrogen functional groups attached to an aromatic ring is 1. The van der Waals surface area contributed by atoms with Crippen molar-refractivity contribution in [1.82, 2.24) is 4.98 Å². The van der Waals surface area contributed by atoms with Crippen LogP contribution in [-0.4, -0.2) is 4.98 Å². The molecule has 0 radical (unpaired) electrons. The van der Waals surface area contributed by atoms with Crippen LogP contribution < -0.4 is 5.73 Å². The summed E-state index contributed by atoms with van der Waals surface area (Å²) in [4.78, 5) is 4.21. The standard InChI is InChI=1S/C7H4BrIN2S/c8-3-1-4(9)5(10)7-6(3)11-2-12-7/h1-2H,10H2. The predicted molar refractivity (Wildman–Crippen MR) is 64.4 cm³/mol. The number of hydrogen-bond acceptors (Lipinski definition) is 3. The van der Waals surface area contributed by atoms with Crippen LogP contribution >= 0.6 is 49.9 Å². The zero-order chi connectivity index (χ0) is 8.72. The molecule has 2 aromatic rings. The van der Waals surface area contributed by atoms with E-state index >= 15 is 0 Å². The molecule has 1 heterocycles. The Balaban J connectivity index is 2.97. The molecule has 0 saturated carbocycles. The van der Waals surface area contributed by atoms with Gasteiger partial charge in [0.2, 0.25) is 0 Å². The van der Waals surface area contributed by atoms with Gasteiger partial charge in [0, 0.05) is 8.04 Å². The van der Waals surface area contributed by atoms with E-state index in [1.807, 2.05) is 11.6 Å². The van der Waals surface area contributed by atoms with Gasteiger partial charge in [0.1, 0.15) is 0 Å². The molecular weight excluding hydrogens is 351 g/mol. The van der Waals surface area contributed by atoms with Gasteiger partial charge in [-0.2, -0.15) is 0 Å². The van der Waals surface area contributed by atoms with Crippen LogP contribution in [0, 0.1) is 3.57 Å². The average molecular weight is 355 g/mol. The van der Waals surface area contributed by atoms with Crippen LogP contribution in [0.25, 0.3) is 10.2 Å². The fourth-order valence-electron chi connectivity index (χ4n) is 0.973. The fourth-order valence-corrected chi connectivity index (χ4v) is 3.60. The lowest BCUT2D eigenvalue weighted by Crippen LogP contribution is -1.89. The molecule has 0 aliphatic rings. The summed E-state index contributed by atoms with van der Waals surface area (Å²) in [6, 6.07) is 1.98. The van der Waals surface area contributed by atoms with Crippen molar-refractivity contribution in [3.63, 3.8) is 0 Å². The second-order valence-electron chi connectivity index (χ2n) is 2.28. The first-order chi connectivity index (χ1) is 5.70. The number of halogens is 2. The van der Waals surface area contributed by atoms with E-state index in [9.17, 15) is 0 Å². The molecule has 0 saturated heterocycles. The summed E-state index contributed by atoms with van der Waals surface area (Å²) in [5, 5.41) is 0. The first-order valence-corrected chi connectivity index (χ1v) is 5.92. The highest BCUT2D eigenvalue weighted by atomic mass is 127. The van der Waals surface area contributed by atoms with Crippen LogP contribution in [0.15, 0.2) is 16.0 Å². The largest absolute Gasteiger partial charge is 0.397 e. The maximum Gasteiger partial charge on any atom is 0.0975 e. The van der Waals surface area contributed by atoms with Crippen LogP contribution in [0.5, 0.6) is 0 Å². The molecule has 0 aliphatic heterocycles. The van der Waals surface area contributed by atoms with Crippen molar-refractivity contribution in [2.45, 2.75) is 0 Å². The maximum absolute atomic E-state index is 5.87. The number of aromatic nitrogens is 1. The number of hydrogen-bond donors (Lipinski definition) is 1. The van der Waals surface area contributed by atoms with E-state index in [1.54, 1.807) is 11.3 Å². The lowest BCUT2D eigenvalue weighted by Gasteiger charge is -2.00. The minimum Gasteiger partial charge on any atom is -0.397 e. The first-order valence-electron chi connectivity index (χ1n) is 3.17. The molecule has 62 valence electrons. The third-order valence-electron chi connectivity index (χ3n) is 1.55. The van der Waals surface area contributed by atoms with E-state index in [0.29, 0.717) is 0 Å². The number of fused-ring (bicyclic) bond motifs is 1. The van der Waals surface area contributed by atoms with E-state index in [-0.39, 0.29) is 0 Å². The van der Waals surface area contributed by atoms with Gasteiger partial charge in [-0.1, -0.05) is 0 Å². The molecule has 0 spiro atoms. The third kappa shape index (κ3) is 1.23. The molecule has 0 atom stereocenters. The summed E-state index contributed by atoms with van der Waals surface area (Å²) in [5.41, 5.74) is 9.47. The molecule has 0 fully saturated rings. The summed E-state index contributed by atoms with van der Waals surface area (Å²) in [5.74, 6) is 0. The number of nitrogens with zero attached hydrogens (tertiary/aromatic N) is 1. The lowest BCUT2D eigenvalue weighted by atomic mass is 10.3. The number of rotatable bonds is 0. The lowest BCUT2D eigenvalue weighted by molar-refractivity contribution is 1.48. The zero-order valence-corrected chi connectivity index (χ0v) is 10.4. The van der Waals surface area contributed by atoms with Crippen LogP contribution in [0.4, 0.5) is 5.69 Å². The van der Waals surface area contributed by atoms with Crippen molar-refractivity contribution in [3.8, 4) is 0 Å². The quantitative estimate of drug-likeness (QED) is 0.582. The van der Waals surface area contributed by atoms with Crippen molar-refractivity contribution in [2.75, 3.05) is 5.73 Å². The van der Waals surface area contributed by atoms with E-state index in [2.05, 4.69) is 43.5 Å². The first kappa shape index (κ1) is 8.71. The fraction of sp³-hybridized carbons (Fsp3) is 0. The maximum atomic E-state index is 5.87. The summed E-state index contributed by atoms with van der Waals surface area (Å²) < 4.78 is 3.14. The van der Waals surface area contributed by atoms with Gasteiger partial charge in [-0.25, -0.2) is 4.98 Å². The van der Waals surface area contributed by atoms with Crippen LogP contribution in [0.1, 0.15) is 0 Å². The molecule has 0 unspecified atom stereocenters. The smallest absolute Gasteiger partial charge is 0.0975 e. The second-order valence-corrected chi connectivity index (χ2v) is 5.16. The van der Waals surface area contributed by atoms with Gasteiger partial charge in [-0.3, -0.25) is 0 Å². The molecular formula is C7H4BrIN2S. The molecule has 0 bridgehead atoms. The highest BCUT2D eigenvalue weighted by molar-refractivity contribution is 14.1. The van der Waals surface area contributed by atoms with Gasteiger partial charge in [0.05, 0.1) is 21.4 Å². The third-order valence-corrected chi connectivity index (χ3v) is 3.91. The van der Waals surface area contributed by atoms with Gasteiger partial charge >= 0.3 is 0 Å². The number of nitrogens with two attached hydrogens (primary N) is 1. The average Bonchev–Trinajstić information content (AvgIpc) is 2.48. The van der Waals surface area contributed by atoms with Crippen LogP contribution in [0.3, 0.4) is 0 Å². The Labute approximate surface area is 95.4 Å². The SMILES string of the molecule is Nc1c(I)cc(Br)c2ncsc12. The molecule has 1 aromatic carbocycles. The number of anilines is 1. The molecule has 2 N–H and O–H groups in total. The minimum atomic E-state index is 0.830. The van der Waals surface area contributed by atoms with Crippen molar-refractivity contribution in [3.05, 3.63) is 19.6 Å². The molecule has 0 amide bonds. The monoisotopic (exact) mass is 354 g/mol. The van der Waals surface area contributed by atoms with Crippen molar-refractivity contribution < 1.29 is 0 Å². The van der Waals surface area contributed by atoms with Crippen LogP contribution in [-0.2, 0) is 0 Å². The molecule has 2 rings (SSSR count). The van der Waals surface area contributed by atoms with Crippen molar-refractivity contribution in [1.29, 1.82) is 0 Å². The molecule has 5 heteroatoms. The van der Waals surface area contributed by atoms with Gasteiger partial charge in [-0.05, 0) is 44.6 Å². The van der Waals surface area contributed by atoms with E-state index in [4.69, 9.17) is 5.73 Å². The Kier molecular flexibility index (Phi) is 2.26. The Hall–Kier alpha value is 0.120. The van der Waals surface area contributed by atoms with Gasteiger partial charge < -0.3 is 5.73 Å². The Bertz CT molecular complexity index is 440. The predicted octanol–water partition coefficient (Wildman–Crippen LogP) is 3.25. The highest BCUT2D eigenvalue weighted by Gasteiger charge is 2.08. The van der Waals surface area contributed by atoms with Crippen LogP contribution in [0.2, 0.25) is 0 Å². The van der Waals surface area contributed by atoms with E-state index in [0.717, 1.165) is 23.9 Å². The Morgan fingerprint density at radius 1 is 1.58 bits per heavy atom. The molecule has 2 nitrogen and oxygen atoms in total.